The van der Waals surface area contributed by atoms with E-state index < -0.39 is 15.9 Å². The van der Waals surface area contributed by atoms with Crippen LogP contribution in [0, 0.1) is 13.8 Å². The molecule has 124 valence electrons. The van der Waals surface area contributed by atoms with Gasteiger partial charge in [-0.1, -0.05) is 24.3 Å². The molecule has 2 rings (SSSR count). The standard InChI is InChI=1S/C18H23NO3S/c1-13-5-6-14(2)17(11-13)19(3)12-18(20)15-7-9-16(10-8-15)23(4,21)22/h5-11,18,20H,12H2,1-4H3. The quantitative estimate of drug-likeness (QED) is 0.914. The number of aliphatic hydroxyl groups is 1. The van der Waals surface area contributed by atoms with Crippen molar-refractivity contribution in [3.8, 4) is 0 Å². The zero-order chi connectivity index (χ0) is 17.2. The molecule has 1 N–H and O–H groups in total. The molecule has 0 aliphatic heterocycles. The minimum absolute atomic E-state index is 0.260. The average molecular weight is 333 g/mol. The van der Waals surface area contributed by atoms with E-state index in [0.29, 0.717) is 12.1 Å². The van der Waals surface area contributed by atoms with Crippen LogP contribution in [-0.2, 0) is 9.84 Å². The van der Waals surface area contributed by atoms with E-state index in [1.807, 2.05) is 25.8 Å². The Balaban J connectivity index is 2.15. The highest BCUT2D eigenvalue weighted by Gasteiger charge is 2.14. The Morgan fingerprint density at radius 1 is 1.09 bits per heavy atom. The SMILES string of the molecule is Cc1ccc(C)c(N(C)CC(O)c2ccc(S(C)(=O)=O)cc2)c1. The molecule has 0 bridgehead atoms. The maximum absolute atomic E-state index is 11.5. The van der Waals surface area contributed by atoms with Crippen molar-refractivity contribution < 1.29 is 13.5 Å². The molecule has 0 aromatic heterocycles. The number of nitrogens with zero attached hydrogens (tertiary/aromatic N) is 1. The highest BCUT2D eigenvalue weighted by atomic mass is 32.2. The van der Waals surface area contributed by atoms with Crippen LogP contribution in [0.2, 0.25) is 0 Å². The van der Waals surface area contributed by atoms with Crippen LogP contribution < -0.4 is 4.90 Å². The monoisotopic (exact) mass is 333 g/mol. The zero-order valence-corrected chi connectivity index (χ0v) is 14.8. The molecule has 1 unspecified atom stereocenters. The molecule has 0 aliphatic rings. The summed E-state index contributed by atoms with van der Waals surface area (Å²) in [4.78, 5) is 2.27. The highest BCUT2D eigenvalue weighted by Crippen LogP contribution is 2.24. The Morgan fingerprint density at radius 2 is 1.70 bits per heavy atom. The van der Waals surface area contributed by atoms with Gasteiger partial charge in [0.2, 0.25) is 0 Å². The Kier molecular flexibility index (Phi) is 5.12. The van der Waals surface area contributed by atoms with Crippen LogP contribution in [0.4, 0.5) is 5.69 Å². The van der Waals surface area contributed by atoms with Gasteiger partial charge in [0.15, 0.2) is 9.84 Å². The van der Waals surface area contributed by atoms with Crippen molar-refractivity contribution in [1.82, 2.24) is 0 Å². The van der Waals surface area contributed by atoms with Crippen molar-refractivity contribution in [2.24, 2.45) is 0 Å². The molecule has 0 heterocycles. The fourth-order valence-corrected chi connectivity index (χ4v) is 3.16. The summed E-state index contributed by atoms with van der Waals surface area (Å²) in [5, 5.41) is 10.4. The van der Waals surface area contributed by atoms with Gasteiger partial charge in [0.05, 0.1) is 11.0 Å². The molecule has 1 atom stereocenters. The predicted molar refractivity (Wildman–Crippen MR) is 93.7 cm³/mol. The Bertz CT molecular complexity index is 782. The molecule has 0 radical (unpaired) electrons. The third-order valence-corrected chi connectivity index (χ3v) is 5.04. The van der Waals surface area contributed by atoms with Crippen molar-refractivity contribution in [3.05, 3.63) is 59.2 Å². The predicted octanol–water partition coefficient (Wildman–Crippen LogP) is 2.88. The number of rotatable bonds is 5. The van der Waals surface area contributed by atoms with E-state index >= 15 is 0 Å². The minimum atomic E-state index is -3.21. The van der Waals surface area contributed by atoms with E-state index in [-0.39, 0.29) is 4.90 Å². The summed E-state index contributed by atoms with van der Waals surface area (Å²) < 4.78 is 23.0. The van der Waals surface area contributed by atoms with Gasteiger partial charge in [-0.3, -0.25) is 0 Å². The van der Waals surface area contributed by atoms with Gasteiger partial charge in [0.1, 0.15) is 0 Å². The van der Waals surface area contributed by atoms with Gasteiger partial charge in [-0.25, -0.2) is 8.42 Å². The Hall–Kier alpha value is -1.85. The molecule has 0 aliphatic carbocycles. The fraction of sp³-hybridized carbons (Fsp3) is 0.333. The van der Waals surface area contributed by atoms with Crippen LogP contribution >= 0.6 is 0 Å². The van der Waals surface area contributed by atoms with Gasteiger partial charge in [-0.15, -0.1) is 0 Å². The summed E-state index contributed by atoms with van der Waals surface area (Å²) >= 11 is 0. The van der Waals surface area contributed by atoms with Crippen LogP contribution in [0.15, 0.2) is 47.4 Å². The van der Waals surface area contributed by atoms with Crippen LogP contribution in [0.1, 0.15) is 22.8 Å². The second kappa shape index (κ2) is 6.72. The van der Waals surface area contributed by atoms with E-state index in [1.54, 1.807) is 12.1 Å². The number of benzene rings is 2. The van der Waals surface area contributed by atoms with E-state index in [4.69, 9.17) is 0 Å². The number of likely N-dealkylation sites (N-methyl/N-ethyl adjacent to an activating group) is 1. The van der Waals surface area contributed by atoms with Gasteiger partial charge >= 0.3 is 0 Å². The molecule has 5 heteroatoms. The van der Waals surface area contributed by atoms with Crippen molar-refractivity contribution >= 4 is 15.5 Å². The highest BCUT2D eigenvalue weighted by molar-refractivity contribution is 7.90. The number of hydrogen-bond donors (Lipinski definition) is 1. The maximum atomic E-state index is 11.5. The summed E-state index contributed by atoms with van der Waals surface area (Å²) in [6.07, 6.45) is 0.487. The number of aliphatic hydroxyl groups excluding tert-OH is 1. The Morgan fingerprint density at radius 3 is 2.26 bits per heavy atom. The van der Waals surface area contributed by atoms with E-state index in [1.165, 1.54) is 24.0 Å². The number of anilines is 1. The first kappa shape index (κ1) is 17.5. The first-order chi connectivity index (χ1) is 10.7. The zero-order valence-electron chi connectivity index (χ0n) is 13.9. The number of sulfone groups is 1. The van der Waals surface area contributed by atoms with Gasteiger partial charge in [-0.05, 0) is 48.7 Å². The van der Waals surface area contributed by atoms with Gasteiger partial charge < -0.3 is 10.0 Å². The van der Waals surface area contributed by atoms with Crippen LogP contribution in [0.3, 0.4) is 0 Å². The van der Waals surface area contributed by atoms with Crippen LogP contribution in [0.5, 0.6) is 0 Å². The van der Waals surface area contributed by atoms with Crippen LogP contribution in [0.25, 0.3) is 0 Å². The summed E-state index contributed by atoms with van der Waals surface area (Å²) in [7, 11) is -1.27. The van der Waals surface area contributed by atoms with E-state index in [0.717, 1.165) is 11.3 Å². The molecule has 2 aromatic carbocycles. The number of aryl methyl sites for hydroxylation is 2. The lowest BCUT2D eigenvalue weighted by atomic mass is 10.1. The van der Waals surface area contributed by atoms with E-state index in [9.17, 15) is 13.5 Å². The second-order valence-corrected chi connectivity index (χ2v) is 8.04. The average Bonchev–Trinajstić information content (AvgIpc) is 2.48. The lowest BCUT2D eigenvalue weighted by Gasteiger charge is -2.25. The lowest BCUT2D eigenvalue weighted by Crippen LogP contribution is -2.25. The molecule has 2 aromatic rings. The molecule has 0 spiro atoms. The molecule has 4 nitrogen and oxygen atoms in total. The van der Waals surface area contributed by atoms with Crippen molar-refractivity contribution in [3.63, 3.8) is 0 Å². The third-order valence-electron chi connectivity index (χ3n) is 3.92. The minimum Gasteiger partial charge on any atom is -0.387 e. The summed E-state index contributed by atoms with van der Waals surface area (Å²) in [5.41, 5.74) is 4.11. The van der Waals surface area contributed by atoms with Gasteiger partial charge in [-0.2, -0.15) is 0 Å². The van der Waals surface area contributed by atoms with Gasteiger partial charge in [0.25, 0.3) is 0 Å². The van der Waals surface area contributed by atoms with Crippen molar-refractivity contribution in [2.45, 2.75) is 24.8 Å². The van der Waals surface area contributed by atoms with Crippen molar-refractivity contribution in [1.29, 1.82) is 0 Å². The number of hydrogen-bond acceptors (Lipinski definition) is 4. The fourth-order valence-electron chi connectivity index (χ4n) is 2.53. The summed E-state index contributed by atoms with van der Waals surface area (Å²) in [6, 6.07) is 12.6. The lowest BCUT2D eigenvalue weighted by molar-refractivity contribution is 0.185. The molecule has 0 fully saturated rings. The van der Waals surface area contributed by atoms with Crippen molar-refractivity contribution in [2.75, 3.05) is 24.7 Å². The topological polar surface area (TPSA) is 57.6 Å². The smallest absolute Gasteiger partial charge is 0.175 e. The van der Waals surface area contributed by atoms with Gasteiger partial charge in [0, 0.05) is 25.5 Å². The summed E-state index contributed by atoms with van der Waals surface area (Å²) in [6.45, 7) is 4.51. The molecular formula is C18H23NO3S. The normalized spacial score (nSPS) is 12.9. The first-order valence-electron chi connectivity index (χ1n) is 7.45. The third kappa shape index (κ3) is 4.33. The largest absolute Gasteiger partial charge is 0.387 e. The molecule has 0 saturated carbocycles. The molecule has 0 amide bonds. The molecule has 0 saturated heterocycles. The molecule has 23 heavy (non-hydrogen) atoms. The van der Waals surface area contributed by atoms with Crippen LogP contribution in [-0.4, -0.2) is 33.4 Å². The summed E-state index contributed by atoms with van der Waals surface area (Å²) in [5.74, 6) is 0. The Labute approximate surface area is 138 Å². The van der Waals surface area contributed by atoms with E-state index in [2.05, 4.69) is 18.2 Å². The first-order valence-corrected chi connectivity index (χ1v) is 9.34. The maximum Gasteiger partial charge on any atom is 0.175 e. The molecular weight excluding hydrogens is 310 g/mol. The second-order valence-electron chi connectivity index (χ2n) is 6.03.